The van der Waals surface area contributed by atoms with E-state index in [2.05, 4.69) is 69.3 Å². The van der Waals surface area contributed by atoms with E-state index >= 15 is 0 Å². The fraction of sp³-hybridized carbons (Fsp3) is 0.364. The Balaban J connectivity index is 1.34. The summed E-state index contributed by atoms with van der Waals surface area (Å²) in [6, 6.07) is 24.4. The molecule has 0 aliphatic carbocycles. The van der Waals surface area contributed by atoms with Crippen LogP contribution in [0.3, 0.4) is 0 Å². The van der Waals surface area contributed by atoms with Crippen molar-refractivity contribution in [2.24, 2.45) is 0 Å². The second-order valence-corrected chi connectivity index (χ2v) is 17.7. The molecule has 0 aromatic heterocycles. The van der Waals surface area contributed by atoms with Gasteiger partial charge in [0.25, 0.3) is 8.32 Å². The first-order chi connectivity index (χ1) is 20.3. The Morgan fingerprint density at radius 3 is 1.98 bits per heavy atom. The van der Waals surface area contributed by atoms with E-state index in [1.54, 1.807) is 32.1 Å². The quantitative estimate of drug-likeness (QED) is 0.187. The maximum absolute atomic E-state index is 12.7. The third-order valence-corrected chi connectivity index (χ3v) is 14.0. The van der Waals surface area contributed by atoms with Crippen molar-refractivity contribution in [3.8, 4) is 0 Å². The monoisotopic (exact) mass is 623 g/mol. The summed E-state index contributed by atoms with van der Waals surface area (Å²) in [5, 5.41) is 2.30. The first kappa shape index (κ1) is 32.6. The van der Waals surface area contributed by atoms with Crippen molar-refractivity contribution in [1.82, 2.24) is 5.48 Å². The van der Waals surface area contributed by atoms with Gasteiger partial charge in [0.1, 0.15) is 11.0 Å². The number of hydroxylamine groups is 1. The van der Waals surface area contributed by atoms with Gasteiger partial charge in [-0.1, -0.05) is 105 Å². The van der Waals surface area contributed by atoms with Crippen LogP contribution in [-0.2, 0) is 28.3 Å². The number of benzene rings is 3. The zero-order chi connectivity index (χ0) is 31.3. The number of carbonyl (C=O) groups excluding carboxylic acids is 1. The topological polar surface area (TPSA) is 100 Å². The molecule has 0 spiro atoms. The summed E-state index contributed by atoms with van der Waals surface area (Å²) in [6.07, 6.45) is 2.26. The minimum Gasteiger partial charge on any atom is -0.438 e. The van der Waals surface area contributed by atoms with Crippen LogP contribution in [-0.4, -0.2) is 48.3 Å². The van der Waals surface area contributed by atoms with E-state index in [9.17, 15) is 13.2 Å². The third kappa shape index (κ3) is 7.63. The van der Waals surface area contributed by atoms with Crippen LogP contribution in [0, 0.1) is 20.8 Å². The third-order valence-electron chi connectivity index (χ3n) is 7.50. The molecular formula is C33H41NO7SSi. The SMILES string of the molecule is Cc1cc(C)c(S(=O)(=O)ONC(=O)O[C@H]2C=C[C@H](CCO[Si](c3ccccc3)(c3ccccc3)C(C)(C)C)OC2)c(C)c1. The Kier molecular flexibility index (Phi) is 10.3. The molecule has 4 rings (SSSR count). The van der Waals surface area contributed by atoms with Gasteiger partial charge in [-0.25, -0.2) is 4.79 Å². The van der Waals surface area contributed by atoms with Gasteiger partial charge in [0.2, 0.25) is 0 Å². The van der Waals surface area contributed by atoms with E-state index < -0.39 is 30.6 Å². The van der Waals surface area contributed by atoms with Crippen molar-refractivity contribution < 1.29 is 31.4 Å². The predicted octanol–water partition coefficient (Wildman–Crippen LogP) is 5.25. The first-order valence-corrected chi connectivity index (χ1v) is 17.7. The maximum Gasteiger partial charge on any atom is 0.433 e. The highest BCUT2D eigenvalue weighted by Gasteiger charge is 2.50. The molecule has 8 nitrogen and oxygen atoms in total. The lowest BCUT2D eigenvalue weighted by Gasteiger charge is -2.43. The molecule has 230 valence electrons. The highest BCUT2D eigenvalue weighted by Crippen LogP contribution is 2.37. The second kappa shape index (κ2) is 13.6. The molecule has 2 atom stereocenters. The van der Waals surface area contributed by atoms with E-state index in [-0.39, 0.29) is 22.6 Å². The van der Waals surface area contributed by atoms with Gasteiger partial charge in [-0.15, -0.1) is 4.28 Å². The average Bonchev–Trinajstić information content (AvgIpc) is 2.95. The number of ether oxygens (including phenoxy) is 2. The van der Waals surface area contributed by atoms with E-state index in [0.717, 1.165) is 5.56 Å². The molecule has 3 aromatic carbocycles. The minimum absolute atomic E-state index is 0.0161. The number of hydrogen-bond acceptors (Lipinski definition) is 7. The summed E-state index contributed by atoms with van der Waals surface area (Å²) in [7, 11) is -6.88. The maximum atomic E-state index is 12.7. The van der Waals surface area contributed by atoms with Gasteiger partial charge in [0.15, 0.2) is 0 Å². The molecule has 1 aliphatic rings. The molecule has 0 unspecified atom stereocenters. The van der Waals surface area contributed by atoms with Crippen LogP contribution >= 0.6 is 0 Å². The molecule has 1 aliphatic heterocycles. The molecule has 0 bridgehead atoms. The Bertz CT molecular complexity index is 1470. The summed E-state index contributed by atoms with van der Waals surface area (Å²) >= 11 is 0. The van der Waals surface area contributed by atoms with Gasteiger partial charge < -0.3 is 13.9 Å². The van der Waals surface area contributed by atoms with Crippen molar-refractivity contribution in [2.75, 3.05) is 13.2 Å². The molecule has 0 fully saturated rings. The highest BCUT2D eigenvalue weighted by molar-refractivity contribution is 7.86. The Morgan fingerprint density at radius 1 is 0.930 bits per heavy atom. The van der Waals surface area contributed by atoms with Crippen molar-refractivity contribution in [3.63, 3.8) is 0 Å². The highest BCUT2D eigenvalue weighted by atomic mass is 32.2. The number of aryl methyl sites for hydroxylation is 3. The van der Waals surface area contributed by atoms with E-state index in [1.165, 1.54) is 10.4 Å². The minimum atomic E-state index is -4.23. The number of nitrogens with one attached hydrogen (secondary N) is 1. The Hall–Kier alpha value is -3.28. The lowest BCUT2D eigenvalue weighted by Crippen LogP contribution is -2.66. The van der Waals surface area contributed by atoms with Crippen LogP contribution in [0.2, 0.25) is 5.04 Å². The fourth-order valence-corrected chi connectivity index (χ4v) is 11.5. The molecule has 1 N–H and O–H groups in total. The first-order valence-electron chi connectivity index (χ1n) is 14.4. The van der Waals surface area contributed by atoms with Crippen LogP contribution in [0.4, 0.5) is 4.79 Å². The van der Waals surface area contributed by atoms with Crippen LogP contribution in [0.1, 0.15) is 43.9 Å². The molecule has 3 aromatic rings. The molecular weight excluding hydrogens is 583 g/mol. The number of amides is 1. The van der Waals surface area contributed by atoms with Gasteiger partial charge in [-0.2, -0.15) is 13.9 Å². The van der Waals surface area contributed by atoms with Gasteiger partial charge in [-0.05, 0) is 59.8 Å². The fourth-order valence-electron chi connectivity index (χ4n) is 5.77. The van der Waals surface area contributed by atoms with Gasteiger partial charge in [0, 0.05) is 6.61 Å². The number of hydrogen-bond donors (Lipinski definition) is 1. The molecule has 0 radical (unpaired) electrons. The molecule has 1 amide bonds. The molecule has 0 saturated carbocycles. The van der Waals surface area contributed by atoms with Crippen LogP contribution < -0.4 is 15.9 Å². The smallest absolute Gasteiger partial charge is 0.433 e. The standard InChI is InChI=1S/C33H41NO7SSi/c1-24-21-25(2)31(26(3)22-24)42(36,37)41-34-32(35)40-28-18-17-27(38-23-28)19-20-39-43(33(4,5)6,29-13-9-7-10-14-29)30-15-11-8-12-16-30/h7-18,21-22,27-28H,19-20,23H2,1-6H3,(H,34,35)/t27-,28+/m1/s1. The number of carbonyl (C=O) groups is 1. The van der Waals surface area contributed by atoms with Crippen molar-refractivity contribution >= 4 is 34.9 Å². The van der Waals surface area contributed by atoms with Crippen LogP contribution in [0.25, 0.3) is 0 Å². The van der Waals surface area contributed by atoms with Crippen molar-refractivity contribution in [3.05, 3.63) is 102 Å². The van der Waals surface area contributed by atoms with Crippen molar-refractivity contribution in [1.29, 1.82) is 0 Å². The number of rotatable bonds is 10. The van der Waals surface area contributed by atoms with Crippen LogP contribution in [0.15, 0.2) is 89.8 Å². The van der Waals surface area contributed by atoms with Crippen molar-refractivity contribution in [2.45, 2.75) is 70.1 Å². The lowest BCUT2D eigenvalue weighted by atomic mass is 10.1. The molecule has 10 heteroatoms. The van der Waals surface area contributed by atoms with E-state index in [4.69, 9.17) is 18.2 Å². The van der Waals surface area contributed by atoms with E-state index in [0.29, 0.717) is 24.2 Å². The summed E-state index contributed by atoms with van der Waals surface area (Å²) in [5.41, 5.74) is 3.88. The van der Waals surface area contributed by atoms with E-state index in [1.807, 2.05) is 30.6 Å². The van der Waals surface area contributed by atoms with Gasteiger partial charge in [-0.3, -0.25) is 0 Å². The molecule has 0 saturated heterocycles. The van der Waals surface area contributed by atoms with Crippen LogP contribution in [0.5, 0.6) is 0 Å². The summed E-state index contributed by atoms with van der Waals surface area (Å²) in [6.45, 7) is 12.5. The van der Waals surface area contributed by atoms with Gasteiger partial charge in [0.05, 0.1) is 12.7 Å². The zero-order valence-corrected chi connectivity index (χ0v) is 27.4. The summed E-state index contributed by atoms with van der Waals surface area (Å²) in [4.78, 5) is 12.3. The Labute approximate surface area is 256 Å². The predicted molar refractivity (Wildman–Crippen MR) is 169 cm³/mol. The lowest BCUT2D eigenvalue weighted by molar-refractivity contribution is -0.00843. The largest absolute Gasteiger partial charge is 0.438 e. The molecule has 43 heavy (non-hydrogen) atoms. The second-order valence-electron chi connectivity index (χ2n) is 11.9. The average molecular weight is 624 g/mol. The summed E-state index contributed by atoms with van der Waals surface area (Å²) < 4.78 is 48.4. The normalized spacial score (nSPS) is 17.4. The summed E-state index contributed by atoms with van der Waals surface area (Å²) in [5.74, 6) is 0. The Morgan fingerprint density at radius 2 is 1.49 bits per heavy atom. The van der Waals surface area contributed by atoms with Gasteiger partial charge >= 0.3 is 16.2 Å². The molecule has 1 heterocycles. The zero-order valence-electron chi connectivity index (χ0n) is 25.6.